The minimum absolute atomic E-state index is 0.0789. The number of fused-ring (bicyclic) bond motifs is 1. The highest BCUT2D eigenvalue weighted by Crippen LogP contribution is 2.23. The number of rotatable bonds is 3. The van der Waals surface area contributed by atoms with Gasteiger partial charge in [-0.25, -0.2) is 4.98 Å². The summed E-state index contributed by atoms with van der Waals surface area (Å²) in [5.41, 5.74) is 1.77. The number of hydrogen-bond donors (Lipinski definition) is 1. The largest absolute Gasteiger partial charge is 0.358 e. The van der Waals surface area contributed by atoms with Crippen LogP contribution in [0.2, 0.25) is 0 Å². The van der Waals surface area contributed by atoms with Gasteiger partial charge >= 0.3 is 0 Å². The zero-order valence-electron chi connectivity index (χ0n) is 13.4. The summed E-state index contributed by atoms with van der Waals surface area (Å²) in [5.74, 6) is 1.35. The van der Waals surface area contributed by atoms with E-state index in [4.69, 9.17) is 0 Å². The van der Waals surface area contributed by atoms with Crippen molar-refractivity contribution >= 4 is 23.2 Å². The molecule has 7 nitrogen and oxygen atoms in total. The lowest BCUT2D eigenvalue weighted by Crippen LogP contribution is -2.48. The SMILES string of the molecule is Cc1cc(NC2CCCN(c3ccccc3)C2=O)n2ncnc2n1. The number of carbonyl (C=O) groups is 1. The Morgan fingerprint density at radius 3 is 2.92 bits per heavy atom. The Bertz CT molecular complexity index is 875. The number of anilines is 2. The lowest BCUT2D eigenvalue weighted by atomic mass is 10.0. The van der Waals surface area contributed by atoms with Crippen molar-refractivity contribution < 1.29 is 4.79 Å². The molecule has 0 saturated carbocycles. The average molecular weight is 322 g/mol. The smallest absolute Gasteiger partial charge is 0.254 e. The van der Waals surface area contributed by atoms with E-state index in [1.165, 1.54) is 6.33 Å². The normalized spacial score (nSPS) is 18.1. The molecule has 1 unspecified atom stereocenters. The summed E-state index contributed by atoms with van der Waals surface area (Å²) in [4.78, 5) is 23.2. The van der Waals surface area contributed by atoms with Crippen LogP contribution in [0.25, 0.3) is 5.78 Å². The maximum Gasteiger partial charge on any atom is 0.254 e. The van der Waals surface area contributed by atoms with Crippen LogP contribution in [0.3, 0.4) is 0 Å². The Hall–Kier alpha value is -2.96. The maximum atomic E-state index is 12.9. The molecule has 3 heterocycles. The Balaban J connectivity index is 1.62. The van der Waals surface area contributed by atoms with Gasteiger partial charge in [0.25, 0.3) is 5.78 Å². The molecule has 0 bridgehead atoms. The highest BCUT2D eigenvalue weighted by Gasteiger charge is 2.30. The molecule has 24 heavy (non-hydrogen) atoms. The first-order chi connectivity index (χ1) is 11.7. The highest BCUT2D eigenvalue weighted by atomic mass is 16.2. The molecule has 0 aliphatic carbocycles. The molecule has 3 aromatic rings. The van der Waals surface area contributed by atoms with Gasteiger partial charge in [-0.1, -0.05) is 18.2 Å². The second kappa shape index (κ2) is 5.92. The molecule has 4 rings (SSSR count). The molecule has 1 atom stereocenters. The van der Waals surface area contributed by atoms with Gasteiger partial charge in [0, 0.05) is 24.0 Å². The number of piperidine rings is 1. The molecule has 1 aromatic carbocycles. The number of aromatic nitrogens is 4. The van der Waals surface area contributed by atoms with E-state index in [1.807, 2.05) is 48.2 Å². The van der Waals surface area contributed by atoms with E-state index >= 15 is 0 Å². The maximum absolute atomic E-state index is 12.9. The Kier molecular flexibility index (Phi) is 3.60. The standard InChI is InChI=1S/C17H18N6O/c1-12-10-15(23-17(20-12)18-11-19-23)21-14-8-5-9-22(16(14)24)13-6-3-2-4-7-13/h2-4,6-7,10-11,14,21H,5,8-9H2,1H3. The molecule has 1 aliphatic heterocycles. The van der Waals surface area contributed by atoms with Gasteiger partial charge in [-0.05, 0) is 31.9 Å². The van der Waals surface area contributed by atoms with Crippen LogP contribution < -0.4 is 10.2 Å². The van der Waals surface area contributed by atoms with Crippen LogP contribution in [0.5, 0.6) is 0 Å². The van der Waals surface area contributed by atoms with Crippen LogP contribution in [0.15, 0.2) is 42.7 Å². The average Bonchev–Trinajstić information content (AvgIpc) is 3.06. The highest BCUT2D eigenvalue weighted by molar-refractivity contribution is 5.99. The second-order valence-corrected chi connectivity index (χ2v) is 5.92. The fourth-order valence-corrected chi connectivity index (χ4v) is 3.09. The van der Waals surface area contributed by atoms with Gasteiger partial charge in [-0.15, -0.1) is 0 Å². The molecule has 1 amide bonds. The van der Waals surface area contributed by atoms with Crippen molar-refractivity contribution in [2.75, 3.05) is 16.8 Å². The predicted molar refractivity (Wildman–Crippen MR) is 91.0 cm³/mol. The molecule has 1 aliphatic rings. The summed E-state index contributed by atoms with van der Waals surface area (Å²) < 4.78 is 1.63. The number of nitrogens with zero attached hydrogens (tertiary/aromatic N) is 5. The molecule has 1 N–H and O–H groups in total. The van der Waals surface area contributed by atoms with Crippen molar-refractivity contribution in [3.05, 3.63) is 48.4 Å². The predicted octanol–water partition coefficient (Wildman–Crippen LogP) is 2.04. The van der Waals surface area contributed by atoms with Crippen LogP contribution in [0, 0.1) is 6.92 Å². The van der Waals surface area contributed by atoms with Crippen LogP contribution in [-0.4, -0.2) is 38.1 Å². The number of nitrogens with one attached hydrogen (secondary N) is 1. The topological polar surface area (TPSA) is 75.4 Å². The van der Waals surface area contributed by atoms with E-state index in [0.717, 1.165) is 36.6 Å². The minimum atomic E-state index is -0.284. The number of carbonyl (C=O) groups excluding carboxylic acids is 1. The fourth-order valence-electron chi connectivity index (χ4n) is 3.09. The number of aryl methyl sites for hydroxylation is 1. The summed E-state index contributed by atoms with van der Waals surface area (Å²) in [6, 6.07) is 11.4. The van der Waals surface area contributed by atoms with Gasteiger partial charge in [0.1, 0.15) is 18.2 Å². The van der Waals surface area contributed by atoms with Gasteiger partial charge in [-0.3, -0.25) is 4.79 Å². The monoisotopic (exact) mass is 322 g/mol. The number of para-hydroxylation sites is 1. The number of benzene rings is 1. The molecular formula is C17H18N6O. The zero-order valence-corrected chi connectivity index (χ0v) is 13.4. The van der Waals surface area contributed by atoms with Gasteiger partial charge in [0.05, 0.1) is 0 Å². The van der Waals surface area contributed by atoms with Crippen molar-refractivity contribution in [2.45, 2.75) is 25.8 Å². The van der Waals surface area contributed by atoms with E-state index in [9.17, 15) is 4.79 Å². The van der Waals surface area contributed by atoms with Gasteiger partial charge < -0.3 is 10.2 Å². The van der Waals surface area contributed by atoms with Crippen molar-refractivity contribution in [1.29, 1.82) is 0 Å². The Morgan fingerprint density at radius 1 is 1.25 bits per heavy atom. The summed E-state index contributed by atoms with van der Waals surface area (Å²) in [6.45, 7) is 2.65. The summed E-state index contributed by atoms with van der Waals surface area (Å²) in [6.07, 6.45) is 3.20. The lowest BCUT2D eigenvalue weighted by molar-refractivity contribution is -0.120. The lowest BCUT2D eigenvalue weighted by Gasteiger charge is -2.33. The Labute approximate surface area is 139 Å². The summed E-state index contributed by atoms with van der Waals surface area (Å²) in [5, 5.41) is 7.51. The van der Waals surface area contributed by atoms with Crippen LogP contribution in [-0.2, 0) is 4.79 Å². The molecule has 2 aromatic heterocycles. The first-order valence-corrected chi connectivity index (χ1v) is 8.03. The van der Waals surface area contributed by atoms with Gasteiger partial charge in [0.15, 0.2) is 0 Å². The van der Waals surface area contributed by atoms with E-state index in [2.05, 4.69) is 20.4 Å². The van der Waals surface area contributed by atoms with Crippen molar-refractivity contribution in [2.24, 2.45) is 0 Å². The third-order valence-corrected chi connectivity index (χ3v) is 4.21. The molecule has 0 spiro atoms. The van der Waals surface area contributed by atoms with Gasteiger partial charge in [0.2, 0.25) is 5.91 Å². The van der Waals surface area contributed by atoms with E-state index < -0.39 is 0 Å². The Morgan fingerprint density at radius 2 is 2.08 bits per heavy atom. The molecule has 7 heteroatoms. The third kappa shape index (κ3) is 2.58. The zero-order chi connectivity index (χ0) is 16.5. The first kappa shape index (κ1) is 14.6. The van der Waals surface area contributed by atoms with Crippen LogP contribution in [0.4, 0.5) is 11.5 Å². The van der Waals surface area contributed by atoms with Crippen molar-refractivity contribution in [3.63, 3.8) is 0 Å². The minimum Gasteiger partial charge on any atom is -0.358 e. The number of hydrogen-bond acceptors (Lipinski definition) is 5. The molecule has 122 valence electrons. The first-order valence-electron chi connectivity index (χ1n) is 8.03. The molecular weight excluding hydrogens is 304 g/mol. The van der Waals surface area contributed by atoms with Crippen molar-refractivity contribution in [1.82, 2.24) is 19.6 Å². The fraction of sp³-hybridized carbons (Fsp3) is 0.294. The molecule has 1 fully saturated rings. The third-order valence-electron chi connectivity index (χ3n) is 4.21. The van der Waals surface area contributed by atoms with Crippen LogP contribution in [0.1, 0.15) is 18.5 Å². The number of amides is 1. The van der Waals surface area contributed by atoms with E-state index in [1.54, 1.807) is 4.52 Å². The van der Waals surface area contributed by atoms with Crippen molar-refractivity contribution in [3.8, 4) is 0 Å². The summed E-state index contributed by atoms with van der Waals surface area (Å²) >= 11 is 0. The summed E-state index contributed by atoms with van der Waals surface area (Å²) in [7, 11) is 0. The molecule has 0 radical (unpaired) electrons. The van der Waals surface area contributed by atoms with Gasteiger partial charge in [-0.2, -0.15) is 14.6 Å². The second-order valence-electron chi connectivity index (χ2n) is 5.92. The van der Waals surface area contributed by atoms with Crippen LogP contribution >= 0.6 is 0 Å². The quantitative estimate of drug-likeness (QED) is 0.798. The molecule has 1 saturated heterocycles. The van der Waals surface area contributed by atoms with E-state index in [0.29, 0.717) is 5.78 Å². The van der Waals surface area contributed by atoms with E-state index in [-0.39, 0.29) is 11.9 Å².